The van der Waals surface area contributed by atoms with Crippen LogP contribution in [-0.4, -0.2) is 19.9 Å². The summed E-state index contributed by atoms with van der Waals surface area (Å²) in [5.74, 6) is 2.00. The van der Waals surface area contributed by atoms with E-state index in [1.807, 2.05) is 0 Å². The molecule has 0 N–H and O–H groups in total. The van der Waals surface area contributed by atoms with E-state index in [0.29, 0.717) is 33.8 Å². The van der Waals surface area contributed by atoms with E-state index in [1.54, 1.807) is 0 Å². The Kier molecular flexibility index (Phi) is 2.73. The molecule has 2 aliphatic rings. The van der Waals surface area contributed by atoms with E-state index in [1.165, 1.54) is 25.0 Å². The Morgan fingerprint density at radius 3 is 1.62 bits per heavy atom. The van der Waals surface area contributed by atoms with E-state index in [2.05, 4.69) is 29.9 Å². The van der Waals surface area contributed by atoms with Crippen LogP contribution >= 0.6 is 23.2 Å². The Labute approximate surface area is 143 Å². The van der Waals surface area contributed by atoms with Crippen molar-refractivity contribution in [1.29, 1.82) is 0 Å². The van der Waals surface area contributed by atoms with Crippen LogP contribution in [0.4, 0.5) is 11.6 Å². The summed E-state index contributed by atoms with van der Waals surface area (Å²) in [6.45, 7) is 0. The molecule has 0 spiro atoms. The summed E-state index contributed by atoms with van der Waals surface area (Å²) in [6, 6.07) is 0. The van der Waals surface area contributed by atoms with Crippen LogP contribution in [0.3, 0.4) is 0 Å². The van der Waals surface area contributed by atoms with E-state index in [-0.39, 0.29) is 21.5 Å². The van der Waals surface area contributed by atoms with Crippen molar-refractivity contribution in [3.05, 3.63) is 45.8 Å². The quantitative estimate of drug-likeness (QED) is 0.422. The minimum absolute atomic E-state index is 0.215. The van der Waals surface area contributed by atoms with Gasteiger partial charge in [-0.3, -0.25) is 0 Å². The molecule has 0 unspecified atom stereocenters. The fourth-order valence-electron chi connectivity index (χ4n) is 2.37. The fraction of sp³-hybridized carbons (Fsp3) is 0. The predicted molar refractivity (Wildman–Crippen MR) is 82.3 cm³/mol. The average Bonchev–Trinajstić information content (AvgIpc) is 2.64. The third kappa shape index (κ3) is 1.81. The Balaban J connectivity index is 1.87. The Hall–Kier alpha value is -2.84. The number of hydrogen-bond acceptors (Lipinski definition) is 8. The maximum absolute atomic E-state index is 6.45. The van der Waals surface area contributed by atoms with Gasteiger partial charge in [-0.15, -0.1) is 0 Å². The summed E-state index contributed by atoms with van der Waals surface area (Å²) in [4.78, 5) is 24.7. The van der Waals surface area contributed by atoms with Crippen molar-refractivity contribution in [2.45, 2.75) is 0 Å². The number of nitrogens with zero attached hydrogens (tertiary/aromatic N) is 6. The van der Waals surface area contributed by atoms with Gasteiger partial charge >= 0.3 is 0 Å². The van der Waals surface area contributed by atoms with Crippen LogP contribution in [0.25, 0.3) is 0 Å². The molecular formula is C14H4Cl2N6O2. The van der Waals surface area contributed by atoms with Gasteiger partial charge in [0, 0.05) is 0 Å². The SMILES string of the molecule is Clc1c2c(c(Cl)c3c1=Nc1ncncc1O3)=Nc1ncncc1O2. The molecule has 2 aliphatic heterocycles. The predicted octanol–water partition coefficient (Wildman–Crippen LogP) is 2.69. The van der Waals surface area contributed by atoms with Crippen molar-refractivity contribution in [1.82, 2.24) is 19.9 Å². The van der Waals surface area contributed by atoms with Crippen molar-refractivity contribution in [3.8, 4) is 23.0 Å². The average molecular weight is 359 g/mol. The van der Waals surface area contributed by atoms with E-state index in [4.69, 9.17) is 32.7 Å². The first-order valence-corrected chi connectivity index (χ1v) is 7.42. The third-order valence-electron chi connectivity index (χ3n) is 3.42. The second kappa shape index (κ2) is 4.83. The molecule has 0 saturated carbocycles. The van der Waals surface area contributed by atoms with Gasteiger partial charge in [-0.2, -0.15) is 0 Å². The topological polar surface area (TPSA) is 94.7 Å². The highest BCUT2D eigenvalue weighted by molar-refractivity contribution is 6.35. The van der Waals surface area contributed by atoms with Gasteiger partial charge in [0.1, 0.15) is 33.4 Å². The van der Waals surface area contributed by atoms with Crippen molar-refractivity contribution in [2.24, 2.45) is 9.98 Å². The summed E-state index contributed by atoms with van der Waals surface area (Å²) in [5, 5.41) is 1.07. The Morgan fingerprint density at radius 1 is 0.708 bits per heavy atom. The molecule has 24 heavy (non-hydrogen) atoms. The maximum Gasteiger partial charge on any atom is 0.199 e. The van der Waals surface area contributed by atoms with Crippen LogP contribution in [0.5, 0.6) is 23.0 Å². The molecule has 1 aromatic carbocycles. The molecule has 8 nitrogen and oxygen atoms in total. The molecule has 2 aromatic heterocycles. The lowest BCUT2D eigenvalue weighted by molar-refractivity contribution is 0.446. The van der Waals surface area contributed by atoms with Crippen LogP contribution < -0.4 is 20.2 Å². The second-order valence-electron chi connectivity index (χ2n) is 4.83. The molecule has 3 aromatic rings. The molecule has 5 rings (SSSR count). The molecule has 10 heteroatoms. The zero-order valence-corrected chi connectivity index (χ0v) is 13.1. The minimum atomic E-state index is 0.215. The molecule has 0 aliphatic carbocycles. The fourth-order valence-corrected chi connectivity index (χ4v) is 2.89. The third-order valence-corrected chi connectivity index (χ3v) is 4.12. The number of hydrogen-bond donors (Lipinski definition) is 0. The van der Waals surface area contributed by atoms with Crippen molar-refractivity contribution < 1.29 is 9.47 Å². The molecule has 0 atom stereocenters. The lowest BCUT2D eigenvalue weighted by Gasteiger charge is -2.19. The van der Waals surface area contributed by atoms with Crippen molar-refractivity contribution in [3.63, 3.8) is 0 Å². The van der Waals surface area contributed by atoms with Gasteiger partial charge in [-0.05, 0) is 0 Å². The van der Waals surface area contributed by atoms with E-state index in [9.17, 15) is 0 Å². The molecule has 0 bridgehead atoms. The molecule has 4 heterocycles. The summed E-state index contributed by atoms with van der Waals surface area (Å²) in [6.07, 6.45) is 5.72. The first kappa shape index (κ1) is 13.6. The summed E-state index contributed by atoms with van der Waals surface area (Å²) in [5.41, 5.74) is 0. The van der Waals surface area contributed by atoms with Crippen LogP contribution in [0.1, 0.15) is 0 Å². The largest absolute Gasteiger partial charge is 0.448 e. The maximum atomic E-state index is 6.45. The van der Waals surface area contributed by atoms with Gasteiger partial charge in [0.05, 0.1) is 12.4 Å². The van der Waals surface area contributed by atoms with E-state index < -0.39 is 0 Å². The smallest absolute Gasteiger partial charge is 0.199 e. The van der Waals surface area contributed by atoms with Crippen molar-refractivity contribution >= 4 is 34.8 Å². The monoisotopic (exact) mass is 358 g/mol. The first-order valence-electron chi connectivity index (χ1n) is 6.66. The number of aromatic nitrogens is 4. The van der Waals surface area contributed by atoms with Gasteiger partial charge in [0.15, 0.2) is 34.6 Å². The molecule has 0 amide bonds. The van der Waals surface area contributed by atoms with Gasteiger partial charge in [0.2, 0.25) is 0 Å². The molecule has 0 fully saturated rings. The number of fused-ring (bicyclic) bond motifs is 4. The highest BCUT2D eigenvalue weighted by Gasteiger charge is 2.27. The summed E-state index contributed by atoms with van der Waals surface area (Å²) in [7, 11) is 0. The van der Waals surface area contributed by atoms with Gasteiger partial charge in [-0.25, -0.2) is 29.9 Å². The Bertz CT molecular complexity index is 1060. The normalized spacial score (nSPS) is 13.1. The lowest BCUT2D eigenvalue weighted by atomic mass is 10.2. The lowest BCUT2D eigenvalue weighted by Crippen LogP contribution is -2.22. The Morgan fingerprint density at radius 2 is 1.17 bits per heavy atom. The standard InChI is InChI=1S/C14H4Cl2N6O2/c15-7-10-12(24-6-2-18-4-20-14(6)22-10)8(16)9-11(7)23-5-1-17-3-19-13(5)21-9/h1-4H. The summed E-state index contributed by atoms with van der Waals surface area (Å²) >= 11 is 12.9. The van der Waals surface area contributed by atoms with Crippen LogP contribution in [0.2, 0.25) is 10.0 Å². The van der Waals surface area contributed by atoms with E-state index >= 15 is 0 Å². The second-order valence-corrected chi connectivity index (χ2v) is 5.59. The number of halogens is 2. The number of benzene rings is 1. The number of ether oxygens (including phenoxy) is 2. The molecule has 116 valence electrons. The number of rotatable bonds is 0. The molecule has 0 radical (unpaired) electrons. The molecular weight excluding hydrogens is 355 g/mol. The van der Waals surface area contributed by atoms with Gasteiger partial charge in [-0.1, -0.05) is 23.2 Å². The van der Waals surface area contributed by atoms with Crippen LogP contribution in [0.15, 0.2) is 35.0 Å². The van der Waals surface area contributed by atoms with Gasteiger partial charge < -0.3 is 9.47 Å². The summed E-state index contributed by atoms with van der Waals surface area (Å²) < 4.78 is 11.5. The highest BCUT2D eigenvalue weighted by Crippen LogP contribution is 2.40. The minimum Gasteiger partial charge on any atom is -0.448 e. The van der Waals surface area contributed by atoms with Crippen LogP contribution in [0, 0.1) is 0 Å². The van der Waals surface area contributed by atoms with Crippen molar-refractivity contribution in [2.75, 3.05) is 0 Å². The highest BCUT2D eigenvalue weighted by atomic mass is 35.5. The van der Waals surface area contributed by atoms with Crippen LogP contribution in [-0.2, 0) is 0 Å². The first-order chi connectivity index (χ1) is 11.7. The molecule has 0 saturated heterocycles. The van der Waals surface area contributed by atoms with Gasteiger partial charge in [0.25, 0.3) is 0 Å². The zero-order valence-electron chi connectivity index (χ0n) is 11.6. The zero-order chi connectivity index (χ0) is 16.3. The van der Waals surface area contributed by atoms with E-state index in [0.717, 1.165) is 0 Å².